The molecule has 94 valence electrons. The van der Waals surface area contributed by atoms with Crippen LogP contribution in [0.4, 0.5) is 0 Å². The number of hydrogen-bond acceptors (Lipinski definition) is 1. The molecule has 0 bridgehead atoms. The molecule has 1 fully saturated rings. The third-order valence-electron chi connectivity index (χ3n) is 3.40. The van der Waals surface area contributed by atoms with Crippen LogP contribution in [0.25, 0.3) is 0 Å². The van der Waals surface area contributed by atoms with Crippen LogP contribution >= 0.6 is 0 Å². The average molecular weight is 251 g/mol. The third-order valence-corrected chi connectivity index (χ3v) is 5.33. The van der Waals surface area contributed by atoms with E-state index in [1.165, 1.54) is 5.56 Å². The molecule has 1 unspecified atom stereocenters. The highest BCUT2D eigenvalue weighted by atomic mass is 32.2. The van der Waals surface area contributed by atoms with Gasteiger partial charge in [-0.05, 0) is 32.8 Å². The van der Waals surface area contributed by atoms with Gasteiger partial charge < -0.3 is 0 Å². The van der Waals surface area contributed by atoms with Gasteiger partial charge in [-0.3, -0.25) is 0 Å². The fourth-order valence-corrected chi connectivity index (χ4v) is 3.77. The standard InChI is InChI=1S/C14H21NOS/c1-5-14(12-9-7-6-8-10-12)11-15(14)17(16)13(2,3)4/h6-10H,5,11H2,1-4H3/t14-,15?,17-/m1/s1. The molecule has 0 radical (unpaired) electrons. The number of hydrogen-bond donors (Lipinski definition) is 0. The van der Waals surface area contributed by atoms with Crippen molar-refractivity contribution in [2.24, 2.45) is 0 Å². The van der Waals surface area contributed by atoms with Crippen LogP contribution < -0.4 is 0 Å². The van der Waals surface area contributed by atoms with Gasteiger partial charge in [0.2, 0.25) is 0 Å². The molecule has 1 aromatic carbocycles. The highest BCUT2D eigenvalue weighted by Crippen LogP contribution is 2.48. The fourth-order valence-electron chi connectivity index (χ4n) is 2.23. The number of rotatable bonds is 3. The largest absolute Gasteiger partial charge is 0.242 e. The maximum absolute atomic E-state index is 12.4. The Morgan fingerprint density at radius 2 is 1.88 bits per heavy atom. The van der Waals surface area contributed by atoms with Crippen molar-refractivity contribution in [1.82, 2.24) is 4.31 Å². The van der Waals surface area contributed by atoms with Crippen LogP contribution in [-0.4, -0.2) is 19.8 Å². The van der Waals surface area contributed by atoms with Gasteiger partial charge in [0.05, 0.1) is 10.3 Å². The minimum Gasteiger partial charge on any atom is -0.242 e. The van der Waals surface area contributed by atoms with Gasteiger partial charge in [0.1, 0.15) is 11.0 Å². The van der Waals surface area contributed by atoms with Crippen LogP contribution in [0.2, 0.25) is 0 Å². The van der Waals surface area contributed by atoms with Crippen molar-refractivity contribution in [2.45, 2.75) is 44.4 Å². The second-order valence-corrected chi connectivity index (χ2v) is 7.81. The van der Waals surface area contributed by atoms with Gasteiger partial charge in [0, 0.05) is 6.54 Å². The van der Waals surface area contributed by atoms with Crippen LogP contribution in [0.15, 0.2) is 30.3 Å². The molecule has 1 aliphatic heterocycles. The van der Waals surface area contributed by atoms with E-state index in [-0.39, 0.29) is 10.3 Å². The predicted octanol–water partition coefficient (Wildman–Crippen LogP) is 3.07. The van der Waals surface area contributed by atoms with Crippen LogP contribution in [0, 0.1) is 0 Å². The smallest absolute Gasteiger partial charge is 0.101 e. The van der Waals surface area contributed by atoms with Crippen molar-refractivity contribution < 1.29 is 4.21 Å². The Morgan fingerprint density at radius 3 is 2.35 bits per heavy atom. The molecule has 3 heteroatoms. The second kappa shape index (κ2) is 4.21. The summed E-state index contributed by atoms with van der Waals surface area (Å²) < 4.78 is 14.4. The fraction of sp³-hybridized carbons (Fsp3) is 0.571. The van der Waals surface area contributed by atoms with E-state index in [4.69, 9.17) is 0 Å². The van der Waals surface area contributed by atoms with E-state index in [2.05, 4.69) is 35.5 Å². The topological polar surface area (TPSA) is 20.1 Å². The summed E-state index contributed by atoms with van der Waals surface area (Å²) in [4.78, 5) is 0. The minimum absolute atomic E-state index is 0.0133. The molecule has 0 amide bonds. The Kier molecular flexibility index (Phi) is 3.17. The van der Waals surface area contributed by atoms with Crippen molar-refractivity contribution in [3.8, 4) is 0 Å². The van der Waals surface area contributed by atoms with Gasteiger partial charge >= 0.3 is 0 Å². The minimum atomic E-state index is -0.914. The zero-order chi connectivity index (χ0) is 12.7. The van der Waals surface area contributed by atoms with E-state index < -0.39 is 11.0 Å². The van der Waals surface area contributed by atoms with Gasteiger partial charge in [-0.15, -0.1) is 0 Å². The molecule has 3 atom stereocenters. The Labute approximate surface area is 107 Å². The van der Waals surface area contributed by atoms with Crippen LogP contribution in [0.5, 0.6) is 0 Å². The molecule has 0 saturated carbocycles. The maximum atomic E-state index is 12.4. The molecule has 0 aliphatic carbocycles. The van der Waals surface area contributed by atoms with Crippen LogP contribution in [0.3, 0.4) is 0 Å². The summed E-state index contributed by atoms with van der Waals surface area (Å²) in [6, 6.07) is 10.4. The molecule has 2 rings (SSSR count). The van der Waals surface area contributed by atoms with Crippen molar-refractivity contribution in [3.05, 3.63) is 35.9 Å². The van der Waals surface area contributed by atoms with E-state index in [0.717, 1.165) is 13.0 Å². The van der Waals surface area contributed by atoms with E-state index in [1.807, 2.05) is 26.8 Å². The molecular formula is C14H21NOS. The molecule has 1 aliphatic rings. The molecule has 1 aromatic rings. The van der Waals surface area contributed by atoms with E-state index >= 15 is 0 Å². The van der Waals surface area contributed by atoms with Crippen molar-refractivity contribution in [3.63, 3.8) is 0 Å². The molecule has 1 saturated heterocycles. The lowest BCUT2D eigenvalue weighted by Crippen LogP contribution is -2.30. The first-order valence-corrected chi connectivity index (χ1v) is 7.27. The Morgan fingerprint density at radius 1 is 1.29 bits per heavy atom. The zero-order valence-corrected chi connectivity index (χ0v) is 11.9. The highest BCUT2D eigenvalue weighted by molar-refractivity contribution is 7.84. The summed E-state index contributed by atoms with van der Waals surface area (Å²) in [6.07, 6.45) is 1.01. The van der Waals surface area contributed by atoms with Crippen molar-refractivity contribution >= 4 is 11.0 Å². The van der Waals surface area contributed by atoms with Crippen LogP contribution in [-0.2, 0) is 16.5 Å². The van der Waals surface area contributed by atoms with Crippen molar-refractivity contribution in [2.75, 3.05) is 6.54 Å². The zero-order valence-electron chi connectivity index (χ0n) is 11.1. The monoisotopic (exact) mass is 251 g/mol. The number of nitrogens with zero attached hydrogens (tertiary/aromatic N) is 1. The normalized spacial score (nSPS) is 30.0. The molecule has 1 heterocycles. The van der Waals surface area contributed by atoms with E-state index in [1.54, 1.807) is 0 Å². The lowest BCUT2D eigenvalue weighted by Gasteiger charge is -2.22. The Hall–Kier alpha value is -0.670. The molecule has 0 spiro atoms. The summed E-state index contributed by atoms with van der Waals surface area (Å²) >= 11 is 0. The first-order chi connectivity index (χ1) is 7.92. The SMILES string of the molecule is CC[C@]1(c2ccccc2)CN1[S@](=O)C(C)(C)C. The lowest BCUT2D eigenvalue weighted by molar-refractivity contribution is 0.522. The maximum Gasteiger partial charge on any atom is 0.101 e. The second-order valence-electron chi connectivity index (χ2n) is 5.65. The Balaban J connectivity index is 2.25. The average Bonchev–Trinajstić information content (AvgIpc) is 3.04. The summed E-state index contributed by atoms with van der Waals surface area (Å²) in [5.41, 5.74) is 1.31. The molecule has 0 N–H and O–H groups in total. The lowest BCUT2D eigenvalue weighted by atomic mass is 9.97. The first kappa shape index (κ1) is 12.8. The third kappa shape index (κ3) is 2.18. The van der Waals surface area contributed by atoms with Gasteiger partial charge in [-0.2, -0.15) is 0 Å². The van der Waals surface area contributed by atoms with Gasteiger partial charge in [-0.25, -0.2) is 8.51 Å². The van der Waals surface area contributed by atoms with Gasteiger partial charge in [-0.1, -0.05) is 37.3 Å². The van der Waals surface area contributed by atoms with Gasteiger partial charge in [0.25, 0.3) is 0 Å². The van der Waals surface area contributed by atoms with Crippen molar-refractivity contribution in [1.29, 1.82) is 0 Å². The molecule has 0 aromatic heterocycles. The molecule has 2 nitrogen and oxygen atoms in total. The highest BCUT2D eigenvalue weighted by Gasteiger charge is 2.56. The van der Waals surface area contributed by atoms with E-state index in [0.29, 0.717) is 0 Å². The quantitative estimate of drug-likeness (QED) is 0.756. The Bertz CT molecular complexity index is 424. The van der Waals surface area contributed by atoms with Crippen LogP contribution in [0.1, 0.15) is 39.7 Å². The molecule has 17 heavy (non-hydrogen) atoms. The molecular weight excluding hydrogens is 230 g/mol. The van der Waals surface area contributed by atoms with Gasteiger partial charge in [0.15, 0.2) is 0 Å². The van der Waals surface area contributed by atoms with E-state index in [9.17, 15) is 4.21 Å². The number of benzene rings is 1. The summed E-state index contributed by atoms with van der Waals surface area (Å²) in [6.45, 7) is 9.19. The predicted molar refractivity (Wildman–Crippen MR) is 73.0 cm³/mol. The summed E-state index contributed by atoms with van der Waals surface area (Å²) in [5, 5.41) is 0. The summed E-state index contributed by atoms with van der Waals surface area (Å²) in [7, 11) is -0.914. The first-order valence-electron chi connectivity index (χ1n) is 6.17. The summed E-state index contributed by atoms with van der Waals surface area (Å²) in [5.74, 6) is 0.